The molecule has 174 valence electrons. The van der Waals surface area contributed by atoms with Crippen LogP contribution in [0.1, 0.15) is 32.7 Å². The molecular weight excluding hydrogens is 438 g/mol. The summed E-state index contributed by atoms with van der Waals surface area (Å²) in [7, 11) is 5.31. The monoisotopic (exact) mass is 467 g/mol. The van der Waals surface area contributed by atoms with Gasteiger partial charge in [-0.15, -0.1) is 0 Å². The van der Waals surface area contributed by atoms with Crippen LogP contribution >= 0.6 is 11.8 Å². The maximum absolute atomic E-state index is 11.0. The molecule has 8 heteroatoms. The normalized spacial score (nSPS) is 10.7. The second kappa shape index (κ2) is 11.0. The van der Waals surface area contributed by atoms with Crippen LogP contribution in [-0.2, 0) is 12.2 Å². The Morgan fingerprint density at radius 3 is 2.30 bits per heavy atom. The van der Waals surface area contributed by atoms with Crippen LogP contribution in [0.5, 0.6) is 11.5 Å². The van der Waals surface area contributed by atoms with Crippen molar-refractivity contribution in [3.05, 3.63) is 70.4 Å². The van der Waals surface area contributed by atoms with Gasteiger partial charge in [-0.05, 0) is 55.7 Å². The first-order chi connectivity index (χ1) is 15.8. The molecule has 1 N–H and O–H groups in total. The third-order valence-electron chi connectivity index (χ3n) is 5.46. The number of aromatic carboxylic acids is 1. The Labute approximate surface area is 198 Å². The molecule has 0 saturated carbocycles. The van der Waals surface area contributed by atoms with Crippen molar-refractivity contribution in [1.82, 2.24) is 9.97 Å². The molecule has 2 aromatic carbocycles. The highest BCUT2D eigenvalue weighted by atomic mass is 32.2. The van der Waals surface area contributed by atoms with Crippen molar-refractivity contribution < 1.29 is 19.4 Å². The van der Waals surface area contributed by atoms with E-state index in [0.29, 0.717) is 10.9 Å². The molecule has 3 aromatic rings. The highest BCUT2D eigenvalue weighted by Crippen LogP contribution is 2.29. The lowest BCUT2D eigenvalue weighted by molar-refractivity contribution is 0.0697. The van der Waals surface area contributed by atoms with Gasteiger partial charge in [0.05, 0.1) is 19.8 Å². The SMILES string of the molecule is COc1ccc(CCN(C)c2nc(SCc3ccc(C(=O)O)cc3)nc(C)c2C)cc1OC. The maximum atomic E-state index is 11.0. The Hall–Kier alpha value is -3.26. The van der Waals surface area contributed by atoms with E-state index in [9.17, 15) is 4.79 Å². The van der Waals surface area contributed by atoms with E-state index in [0.717, 1.165) is 52.7 Å². The molecule has 7 nitrogen and oxygen atoms in total. The number of thioether (sulfide) groups is 1. The number of aryl methyl sites for hydroxylation is 1. The minimum Gasteiger partial charge on any atom is -0.493 e. The van der Waals surface area contributed by atoms with Gasteiger partial charge >= 0.3 is 5.97 Å². The van der Waals surface area contributed by atoms with Gasteiger partial charge in [-0.1, -0.05) is 30.0 Å². The number of benzene rings is 2. The number of hydrogen-bond acceptors (Lipinski definition) is 7. The topological polar surface area (TPSA) is 84.8 Å². The van der Waals surface area contributed by atoms with E-state index >= 15 is 0 Å². The van der Waals surface area contributed by atoms with E-state index in [4.69, 9.17) is 19.6 Å². The number of carboxylic acid groups (broad SMARTS) is 1. The van der Waals surface area contributed by atoms with Gasteiger partial charge in [-0.2, -0.15) is 0 Å². The Morgan fingerprint density at radius 1 is 1.00 bits per heavy atom. The summed E-state index contributed by atoms with van der Waals surface area (Å²) in [5.74, 6) is 2.09. The molecule has 0 atom stereocenters. The molecule has 0 bridgehead atoms. The van der Waals surface area contributed by atoms with Crippen LogP contribution in [0.2, 0.25) is 0 Å². The van der Waals surface area contributed by atoms with Gasteiger partial charge in [0.15, 0.2) is 16.7 Å². The molecule has 0 spiro atoms. The predicted molar refractivity (Wildman–Crippen MR) is 131 cm³/mol. The van der Waals surface area contributed by atoms with Gasteiger partial charge in [0.1, 0.15) is 5.82 Å². The van der Waals surface area contributed by atoms with Crippen molar-refractivity contribution in [1.29, 1.82) is 0 Å². The molecule has 0 amide bonds. The number of rotatable bonds is 10. The summed E-state index contributed by atoms with van der Waals surface area (Å²) < 4.78 is 10.7. The van der Waals surface area contributed by atoms with Gasteiger partial charge in [0, 0.05) is 30.6 Å². The summed E-state index contributed by atoms with van der Waals surface area (Å²) in [6.07, 6.45) is 0.831. The Morgan fingerprint density at radius 2 is 1.67 bits per heavy atom. The lowest BCUT2D eigenvalue weighted by Crippen LogP contribution is -2.23. The maximum Gasteiger partial charge on any atom is 0.335 e. The number of nitrogens with zero attached hydrogens (tertiary/aromatic N) is 3. The van der Waals surface area contributed by atoms with E-state index < -0.39 is 5.97 Å². The summed E-state index contributed by atoms with van der Waals surface area (Å²) in [4.78, 5) is 22.6. The molecule has 1 heterocycles. The third kappa shape index (κ3) is 6.16. The van der Waals surface area contributed by atoms with Crippen LogP contribution in [0.25, 0.3) is 0 Å². The van der Waals surface area contributed by atoms with Gasteiger partial charge < -0.3 is 19.5 Å². The number of carboxylic acids is 1. The fourth-order valence-electron chi connectivity index (χ4n) is 3.36. The summed E-state index contributed by atoms with van der Waals surface area (Å²) in [5, 5.41) is 9.75. The van der Waals surface area contributed by atoms with Crippen molar-refractivity contribution in [3.63, 3.8) is 0 Å². The third-order valence-corrected chi connectivity index (χ3v) is 6.38. The van der Waals surface area contributed by atoms with Crippen LogP contribution < -0.4 is 14.4 Å². The quantitative estimate of drug-likeness (QED) is 0.337. The summed E-state index contributed by atoms with van der Waals surface area (Å²) in [6.45, 7) is 4.82. The number of carbonyl (C=O) groups is 1. The molecule has 0 aliphatic rings. The van der Waals surface area contributed by atoms with Crippen LogP contribution in [0.15, 0.2) is 47.6 Å². The summed E-state index contributed by atoms with van der Waals surface area (Å²) >= 11 is 1.54. The first kappa shape index (κ1) is 24.4. The van der Waals surface area contributed by atoms with Gasteiger partial charge in [-0.3, -0.25) is 0 Å². The average Bonchev–Trinajstić information content (AvgIpc) is 2.83. The minimum absolute atomic E-state index is 0.282. The van der Waals surface area contributed by atoms with Crippen molar-refractivity contribution in [2.75, 3.05) is 32.7 Å². The number of aromatic nitrogens is 2. The van der Waals surface area contributed by atoms with E-state index in [1.807, 2.05) is 51.2 Å². The molecule has 0 aliphatic carbocycles. The van der Waals surface area contributed by atoms with Gasteiger partial charge in [0.25, 0.3) is 0 Å². The molecule has 0 saturated heterocycles. The Balaban J connectivity index is 1.69. The summed E-state index contributed by atoms with van der Waals surface area (Å²) in [5.41, 5.74) is 4.46. The van der Waals surface area contributed by atoms with Crippen LogP contribution in [-0.4, -0.2) is 48.9 Å². The lowest BCUT2D eigenvalue weighted by Gasteiger charge is -2.22. The standard InChI is InChI=1S/C25H29N3O4S/c1-16-17(2)26-25(33-15-19-6-9-20(10-7-19)24(29)30)27-23(16)28(3)13-12-18-8-11-21(31-4)22(14-18)32-5/h6-11,14H,12-13,15H2,1-5H3,(H,29,30). The number of likely N-dealkylation sites (N-methyl/N-ethyl adjacent to an activating group) is 1. The van der Waals surface area contributed by atoms with Crippen molar-refractivity contribution in [3.8, 4) is 11.5 Å². The minimum atomic E-state index is -0.924. The Bertz CT molecular complexity index is 1120. The van der Waals surface area contributed by atoms with Crippen LogP contribution in [0, 0.1) is 13.8 Å². The van der Waals surface area contributed by atoms with Gasteiger partial charge in [0.2, 0.25) is 0 Å². The second-order valence-corrected chi connectivity index (χ2v) is 8.63. The number of hydrogen-bond donors (Lipinski definition) is 1. The predicted octanol–water partition coefficient (Wildman–Crippen LogP) is 4.78. The first-order valence-electron chi connectivity index (χ1n) is 10.5. The molecule has 33 heavy (non-hydrogen) atoms. The summed E-state index contributed by atoms with van der Waals surface area (Å²) in [6, 6.07) is 12.9. The number of ether oxygens (including phenoxy) is 2. The van der Waals surface area contributed by atoms with E-state index in [1.165, 1.54) is 11.8 Å². The molecule has 0 radical (unpaired) electrons. The molecule has 0 unspecified atom stereocenters. The van der Waals surface area contributed by atoms with E-state index in [2.05, 4.69) is 9.88 Å². The van der Waals surface area contributed by atoms with Crippen LogP contribution in [0.3, 0.4) is 0 Å². The highest BCUT2D eigenvalue weighted by molar-refractivity contribution is 7.98. The average molecular weight is 468 g/mol. The zero-order valence-corrected chi connectivity index (χ0v) is 20.4. The van der Waals surface area contributed by atoms with E-state index in [-0.39, 0.29) is 5.56 Å². The van der Waals surface area contributed by atoms with Crippen molar-refractivity contribution in [2.24, 2.45) is 0 Å². The molecule has 3 rings (SSSR count). The smallest absolute Gasteiger partial charge is 0.335 e. The molecule has 1 aromatic heterocycles. The molecule has 0 aliphatic heterocycles. The van der Waals surface area contributed by atoms with Gasteiger partial charge in [-0.25, -0.2) is 14.8 Å². The van der Waals surface area contributed by atoms with Crippen molar-refractivity contribution >= 4 is 23.5 Å². The van der Waals surface area contributed by atoms with Crippen LogP contribution in [0.4, 0.5) is 5.82 Å². The largest absolute Gasteiger partial charge is 0.493 e. The lowest BCUT2D eigenvalue weighted by atomic mass is 10.1. The van der Waals surface area contributed by atoms with Crippen molar-refractivity contribution in [2.45, 2.75) is 31.2 Å². The number of anilines is 1. The zero-order chi connectivity index (χ0) is 24.0. The van der Waals surface area contributed by atoms with E-state index in [1.54, 1.807) is 26.4 Å². The molecule has 0 fully saturated rings. The fraction of sp³-hybridized carbons (Fsp3) is 0.320. The first-order valence-corrected chi connectivity index (χ1v) is 11.5. The second-order valence-electron chi connectivity index (χ2n) is 7.69. The Kier molecular flexibility index (Phi) is 8.16. The fourth-order valence-corrected chi connectivity index (χ4v) is 4.20. The highest BCUT2D eigenvalue weighted by Gasteiger charge is 2.14. The molecular formula is C25H29N3O4S. The zero-order valence-electron chi connectivity index (χ0n) is 19.6. The number of methoxy groups -OCH3 is 2.